The first kappa shape index (κ1) is 8.26. The summed E-state index contributed by atoms with van der Waals surface area (Å²) in [6.07, 6.45) is 0. The minimum absolute atomic E-state index is 0.130. The molecular formula is C6H7FO3S. The van der Waals surface area contributed by atoms with Gasteiger partial charge >= 0.3 is 10.2 Å². The summed E-state index contributed by atoms with van der Waals surface area (Å²) >= 11 is 0. The fourth-order valence-corrected chi connectivity index (χ4v) is 1.23. The molecule has 0 atom stereocenters. The lowest BCUT2D eigenvalue weighted by molar-refractivity contribution is 0.488. The predicted octanol–water partition coefficient (Wildman–Crippen LogP) is 1.39. The van der Waals surface area contributed by atoms with Gasteiger partial charge in [0.2, 0.25) is 0 Å². The summed E-state index contributed by atoms with van der Waals surface area (Å²) in [5.41, 5.74) is 0. The molecule has 0 bridgehead atoms. The maximum Gasteiger partial charge on any atom is 0.309 e. The van der Waals surface area contributed by atoms with Gasteiger partial charge in [-0.15, -0.1) is 3.89 Å². The van der Waals surface area contributed by atoms with E-state index in [4.69, 9.17) is 4.42 Å². The van der Waals surface area contributed by atoms with E-state index in [9.17, 15) is 12.3 Å². The molecule has 1 heterocycles. The molecule has 1 aromatic rings. The van der Waals surface area contributed by atoms with Gasteiger partial charge in [0.25, 0.3) is 0 Å². The molecule has 0 N–H and O–H groups in total. The maximum absolute atomic E-state index is 12.0. The summed E-state index contributed by atoms with van der Waals surface area (Å²) in [6.45, 7) is 1.66. The molecule has 11 heavy (non-hydrogen) atoms. The highest BCUT2D eigenvalue weighted by Gasteiger charge is 2.11. The van der Waals surface area contributed by atoms with Gasteiger partial charge in [-0.3, -0.25) is 0 Å². The molecule has 0 amide bonds. The Bertz CT molecular complexity index is 338. The SMILES string of the molecule is Cc1ccc(CS(=O)(=O)F)o1. The van der Waals surface area contributed by atoms with E-state index in [2.05, 4.69) is 0 Å². The zero-order valence-corrected chi connectivity index (χ0v) is 6.69. The van der Waals surface area contributed by atoms with E-state index in [0.717, 1.165) is 0 Å². The van der Waals surface area contributed by atoms with Crippen LogP contribution in [0.3, 0.4) is 0 Å². The standard InChI is InChI=1S/C6H7FO3S/c1-5-2-3-6(10-5)4-11(7,8)9/h2-3H,4H2,1H3. The first-order valence-corrected chi connectivity index (χ1v) is 4.50. The normalized spacial score (nSPS) is 11.8. The van der Waals surface area contributed by atoms with E-state index >= 15 is 0 Å². The third-order valence-corrected chi connectivity index (χ3v) is 1.74. The zero-order chi connectivity index (χ0) is 8.48. The van der Waals surface area contributed by atoms with E-state index in [1.165, 1.54) is 6.07 Å². The third-order valence-electron chi connectivity index (χ3n) is 1.11. The fraction of sp³-hybridized carbons (Fsp3) is 0.333. The van der Waals surface area contributed by atoms with Gasteiger partial charge < -0.3 is 4.42 Å². The lowest BCUT2D eigenvalue weighted by atomic mass is 10.5. The van der Waals surface area contributed by atoms with Crippen LogP contribution >= 0.6 is 0 Å². The first-order valence-electron chi connectivity index (χ1n) is 2.95. The van der Waals surface area contributed by atoms with Crippen LogP contribution in [-0.4, -0.2) is 8.42 Å². The van der Waals surface area contributed by atoms with E-state index < -0.39 is 16.0 Å². The van der Waals surface area contributed by atoms with Crippen molar-refractivity contribution in [1.82, 2.24) is 0 Å². The van der Waals surface area contributed by atoms with E-state index in [1.807, 2.05) is 0 Å². The highest BCUT2D eigenvalue weighted by atomic mass is 32.3. The Kier molecular flexibility index (Phi) is 1.99. The van der Waals surface area contributed by atoms with Gasteiger partial charge in [0.15, 0.2) is 0 Å². The molecule has 0 unspecified atom stereocenters. The van der Waals surface area contributed by atoms with Crippen molar-refractivity contribution in [3.8, 4) is 0 Å². The van der Waals surface area contributed by atoms with Crippen molar-refractivity contribution in [2.45, 2.75) is 12.7 Å². The molecule has 0 aliphatic carbocycles. The fourth-order valence-electron chi connectivity index (χ4n) is 0.733. The molecule has 0 fully saturated rings. The molecule has 0 radical (unpaired) electrons. The Morgan fingerprint density at radius 3 is 2.55 bits per heavy atom. The monoisotopic (exact) mass is 178 g/mol. The van der Waals surface area contributed by atoms with Crippen LogP contribution in [-0.2, 0) is 16.0 Å². The van der Waals surface area contributed by atoms with Gasteiger partial charge in [-0.05, 0) is 19.1 Å². The van der Waals surface area contributed by atoms with Crippen molar-refractivity contribution in [3.05, 3.63) is 23.7 Å². The number of aryl methyl sites for hydroxylation is 1. The Labute approximate surface area is 64.0 Å². The van der Waals surface area contributed by atoms with Crippen LogP contribution in [0.25, 0.3) is 0 Å². The average Bonchev–Trinajstić information content (AvgIpc) is 2.10. The quantitative estimate of drug-likeness (QED) is 0.643. The lowest BCUT2D eigenvalue weighted by Crippen LogP contribution is -1.93. The van der Waals surface area contributed by atoms with Crippen LogP contribution in [0.5, 0.6) is 0 Å². The Balaban J connectivity index is 2.81. The second-order valence-corrected chi connectivity index (χ2v) is 3.56. The molecule has 0 aliphatic rings. The van der Waals surface area contributed by atoms with Gasteiger partial charge in [0.1, 0.15) is 17.3 Å². The van der Waals surface area contributed by atoms with Crippen molar-refractivity contribution < 1.29 is 16.7 Å². The molecule has 0 aromatic carbocycles. The second kappa shape index (κ2) is 2.65. The Hall–Kier alpha value is -0.840. The Morgan fingerprint density at radius 1 is 1.55 bits per heavy atom. The minimum atomic E-state index is -4.46. The summed E-state index contributed by atoms with van der Waals surface area (Å²) in [4.78, 5) is 0. The van der Waals surface area contributed by atoms with Crippen molar-refractivity contribution in [3.63, 3.8) is 0 Å². The number of halogens is 1. The van der Waals surface area contributed by atoms with Gasteiger partial charge in [-0.25, -0.2) is 0 Å². The van der Waals surface area contributed by atoms with Gasteiger partial charge in [-0.1, -0.05) is 0 Å². The van der Waals surface area contributed by atoms with Crippen molar-refractivity contribution in [1.29, 1.82) is 0 Å². The highest BCUT2D eigenvalue weighted by molar-refractivity contribution is 7.85. The molecule has 62 valence electrons. The summed E-state index contributed by atoms with van der Waals surface area (Å²) in [6, 6.07) is 3.02. The second-order valence-electron chi connectivity index (χ2n) is 2.20. The number of hydrogen-bond donors (Lipinski definition) is 0. The van der Waals surface area contributed by atoms with Crippen LogP contribution in [0.4, 0.5) is 3.89 Å². The molecule has 0 saturated heterocycles. The molecule has 1 aromatic heterocycles. The Morgan fingerprint density at radius 2 is 2.18 bits per heavy atom. The van der Waals surface area contributed by atoms with Crippen LogP contribution in [0.2, 0.25) is 0 Å². The highest BCUT2D eigenvalue weighted by Crippen LogP contribution is 2.10. The third kappa shape index (κ3) is 2.71. The molecule has 5 heteroatoms. The number of furan rings is 1. The van der Waals surface area contributed by atoms with Crippen LogP contribution in [0.1, 0.15) is 11.5 Å². The van der Waals surface area contributed by atoms with Crippen molar-refractivity contribution >= 4 is 10.2 Å². The molecule has 0 spiro atoms. The molecule has 3 nitrogen and oxygen atoms in total. The van der Waals surface area contributed by atoms with Crippen LogP contribution in [0.15, 0.2) is 16.5 Å². The lowest BCUT2D eigenvalue weighted by Gasteiger charge is -1.88. The summed E-state index contributed by atoms with van der Waals surface area (Å²) in [5, 5.41) is 0. The molecule has 0 aliphatic heterocycles. The predicted molar refractivity (Wildman–Crippen MR) is 37.2 cm³/mol. The van der Waals surface area contributed by atoms with Crippen molar-refractivity contribution in [2.24, 2.45) is 0 Å². The molecule has 1 rings (SSSR count). The van der Waals surface area contributed by atoms with E-state index in [-0.39, 0.29) is 5.76 Å². The van der Waals surface area contributed by atoms with Crippen molar-refractivity contribution in [2.75, 3.05) is 0 Å². The van der Waals surface area contributed by atoms with E-state index in [0.29, 0.717) is 5.76 Å². The van der Waals surface area contributed by atoms with Gasteiger partial charge in [0.05, 0.1) is 0 Å². The topological polar surface area (TPSA) is 47.3 Å². The molecular weight excluding hydrogens is 171 g/mol. The summed E-state index contributed by atoms with van der Waals surface area (Å²) in [5.74, 6) is 0.0227. The van der Waals surface area contributed by atoms with Crippen LogP contribution in [0, 0.1) is 6.92 Å². The zero-order valence-electron chi connectivity index (χ0n) is 5.87. The molecule has 0 saturated carbocycles. The number of hydrogen-bond acceptors (Lipinski definition) is 3. The summed E-state index contributed by atoms with van der Waals surface area (Å²) < 4.78 is 37.0. The smallest absolute Gasteiger partial charge is 0.309 e. The maximum atomic E-state index is 12.0. The van der Waals surface area contributed by atoms with E-state index in [1.54, 1.807) is 13.0 Å². The summed E-state index contributed by atoms with van der Waals surface area (Å²) in [7, 11) is -4.46. The minimum Gasteiger partial charge on any atom is -0.465 e. The first-order chi connectivity index (χ1) is 4.97. The number of rotatable bonds is 2. The largest absolute Gasteiger partial charge is 0.465 e. The van der Waals surface area contributed by atoms with Gasteiger partial charge in [-0.2, -0.15) is 8.42 Å². The van der Waals surface area contributed by atoms with Crippen LogP contribution < -0.4 is 0 Å². The average molecular weight is 178 g/mol. The van der Waals surface area contributed by atoms with Gasteiger partial charge in [0, 0.05) is 0 Å².